The molecule has 0 amide bonds. The zero-order valence-electron chi connectivity index (χ0n) is 14.4. The molecule has 2 aromatic rings. The van der Waals surface area contributed by atoms with Crippen LogP contribution in [0, 0.1) is 0 Å². The van der Waals surface area contributed by atoms with Crippen LogP contribution < -0.4 is 14.2 Å². The first-order valence-electron chi connectivity index (χ1n) is 7.77. The van der Waals surface area contributed by atoms with Crippen molar-refractivity contribution in [2.45, 2.75) is 59.9 Å². The summed E-state index contributed by atoms with van der Waals surface area (Å²) in [4.78, 5) is 8.33. The minimum atomic E-state index is -0.0299. The maximum Gasteiger partial charge on any atom is 0.222 e. The maximum atomic E-state index is 5.99. The fraction of sp³-hybridized carbons (Fsp3) is 0.529. The highest BCUT2D eigenvalue weighted by Gasteiger charge is 2.21. The van der Waals surface area contributed by atoms with Crippen molar-refractivity contribution < 1.29 is 14.2 Å². The summed E-state index contributed by atoms with van der Waals surface area (Å²) in [6, 6.07) is 1.81. The molecule has 0 fully saturated rings. The van der Waals surface area contributed by atoms with Crippen molar-refractivity contribution in [1.82, 2.24) is 9.97 Å². The molecule has 1 heterocycles. The van der Waals surface area contributed by atoms with E-state index in [4.69, 9.17) is 25.8 Å². The summed E-state index contributed by atoms with van der Waals surface area (Å²) in [5, 5.41) is 0.927. The summed E-state index contributed by atoms with van der Waals surface area (Å²) in [7, 11) is 0. The second-order valence-corrected chi connectivity index (χ2v) is 6.44. The molecule has 0 unspecified atom stereocenters. The van der Waals surface area contributed by atoms with Crippen molar-refractivity contribution in [2.75, 3.05) is 0 Å². The first-order chi connectivity index (χ1) is 10.8. The molecule has 1 aromatic carbocycles. The third-order valence-corrected chi connectivity index (χ3v) is 2.98. The van der Waals surface area contributed by atoms with Crippen LogP contribution in [0.2, 0.25) is 5.28 Å². The molecular formula is C17H23ClN2O3. The van der Waals surface area contributed by atoms with Gasteiger partial charge >= 0.3 is 0 Å². The highest BCUT2D eigenvalue weighted by Crippen LogP contribution is 2.44. The Morgan fingerprint density at radius 2 is 1.43 bits per heavy atom. The Morgan fingerprint density at radius 3 is 2.00 bits per heavy atom. The summed E-state index contributed by atoms with van der Waals surface area (Å²) in [6.45, 7) is 11.7. The molecule has 23 heavy (non-hydrogen) atoms. The van der Waals surface area contributed by atoms with E-state index in [0.717, 1.165) is 5.39 Å². The van der Waals surface area contributed by atoms with Crippen molar-refractivity contribution >= 4 is 22.5 Å². The van der Waals surface area contributed by atoms with Crippen molar-refractivity contribution in [3.05, 3.63) is 17.5 Å². The Balaban J connectivity index is 2.73. The fourth-order valence-electron chi connectivity index (χ4n) is 2.12. The molecule has 0 atom stereocenters. The first-order valence-corrected chi connectivity index (χ1v) is 8.15. The minimum Gasteiger partial charge on any atom is -0.487 e. The number of aromatic nitrogens is 2. The monoisotopic (exact) mass is 338 g/mol. The number of hydrogen-bond donors (Lipinski definition) is 0. The maximum absolute atomic E-state index is 5.99. The van der Waals surface area contributed by atoms with Gasteiger partial charge in [0.15, 0.2) is 11.5 Å². The minimum absolute atomic E-state index is 0.00817. The average Bonchev–Trinajstić information content (AvgIpc) is 2.40. The van der Waals surface area contributed by atoms with Crippen molar-refractivity contribution in [3.8, 4) is 17.2 Å². The Kier molecular flexibility index (Phi) is 5.52. The number of ether oxygens (including phenoxy) is 3. The lowest BCUT2D eigenvalue weighted by atomic mass is 10.2. The lowest BCUT2D eigenvalue weighted by Crippen LogP contribution is -2.14. The van der Waals surface area contributed by atoms with E-state index >= 15 is 0 Å². The van der Waals surface area contributed by atoms with E-state index in [1.54, 1.807) is 6.20 Å². The predicted molar refractivity (Wildman–Crippen MR) is 91.8 cm³/mol. The third-order valence-electron chi connectivity index (χ3n) is 2.80. The van der Waals surface area contributed by atoms with Gasteiger partial charge in [-0.25, -0.2) is 9.97 Å². The van der Waals surface area contributed by atoms with Crippen molar-refractivity contribution in [2.24, 2.45) is 0 Å². The zero-order chi connectivity index (χ0) is 17.1. The molecule has 0 aliphatic heterocycles. The summed E-state index contributed by atoms with van der Waals surface area (Å²) >= 11 is 5.92. The number of halogens is 1. The lowest BCUT2D eigenvalue weighted by molar-refractivity contribution is 0.178. The molecule has 0 aliphatic rings. The SMILES string of the molecule is CC(C)Oc1cc2nc(Cl)ncc2c(OC(C)C)c1OC(C)C. The van der Waals surface area contributed by atoms with Crippen LogP contribution >= 0.6 is 11.6 Å². The molecule has 0 spiro atoms. The standard InChI is InChI=1S/C17H23ClN2O3/c1-9(2)21-14-7-13-12(8-19-17(18)20-13)15(22-10(3)4)16(14)23-11(5)6/h7-11H,1-6H3. The molecule has 0 saturated heterocycles. The van der Waals surface area contributed by atoms with Gasteiger partial charge in [0, 0.05) is 12.3 Å². The molecule has 6 heteroatoms. The van der Waals surface area contributed by atoms with Gasteiger partial charge in [-0.05, 0) is 53.1 Å². The van der Waals surface area contributed by atoms with E-state index in [9.17, 15) is 0 Å². The van der Waals surface area contributed by atoms with E-state index in [0.29, 0.717) is 22.8 Å². The van der Waals surface area contributed by atoms with Gasteiger partial charge in [0.2, 0.25) is 11.0 Å². The van der Waals surface area contributed by atoms with Crippen LogP contribution in [0.15, 0.2) is 12.3 Å². The van der Waals surface area contributed by atoms with Crippen LogP contribution in [0.1, 0.15) is 41.5 Å². The van der Waals surface area contributed by atoms with Gasteiger partial charge in [-0.2, -0.15) is 0 Å². The van der Waals surface area contributed by atoms with E-state index in [-0.39, 0.29) is 23.6 Å². The Morgan fingerprint density at radius 1 is 0.870 bits per heavy atom. The number of fused-ring (bicyclic) bond motifs is 1. The molecule has 0 saturated carbocycles. The number of rotatable bonds is 6. The van der Waals surface area contributed by atoms with Gasteiger partial charge in [0.05, 0.1) is 29.2 Å². The number of benzene rings is 1. The van der Waals surface area contributed by atoms with E-state index < -0.39 is 0 Å². The van der Waals surface area contributed by atoms with Crippen LogP contribution in [0.3, 0.4) is 0 Å². The van der Waals surface area contributed by atoms with Crippen LogP contribution in [0.25, 0.3) is 10.9 Å². The Labute approximate surface area is 141 Å². The van der Waals surface area contributed by atoms with Gasteiger partial charge in [0.1, 0.15) is 0 Å². The van der Waals surface area contributed by atoms with E-state index in [1.807, 2.05) is 47.6 Å². The van der Waals surface area contributed by atoms with E-state index in [1.165, 1.54) is 0 Å². The Hall–Kier alpha value is -1.75. The smallest absolute Gasteiger partial charge is 0.222 e. The van der Waals surface area contributed by atoms with Gasteiger partial charge in [0.25, 0.3) is 0 Å². The molecule has 0 aliphatic carbocycles. The average molecular weight is 339 g/mol. The number of nitrogens with zero attached hydrogens (tertiary/aromatic N) is 2. The normalized spacial score (nSPS) is 11.6. The molecule has 0 radical (unpaired) electrons. The fourth-order valence-corrected chi connectivity index (χ4v) is 2.26. The van der Waals surface area contributed by atoms with Crippen LogP contribution in [-0.4, -0.2) is 28.3 Å². The summed E-state index contributed by atoms with van der Waals surface area (Å²) in [5.41, 5.74) is 0.660. The topological polar surface area (TPSA) is 53.5 Å². The highest BCUT2D eigenvalue weighted by atomic mass is 35.5. The van der Waals surface area contributed by atoms with Gasteiger partial charge in [-0.1, -0.05) is 0 Å². The largest absolute Gasteiger partial charge is 0.487 e. The van der Waals surface area contributed by atoms with Crippen molar-refractivity contribution in [1.29, 1.82) is 0 Å². The van der Waals surface area contributed by atoms with E-state index in [2.05, 4.69) is 9.97 Å². The van der Waals surface area contributed by atoms with Crippen LogP contribution in [-0.2, 0) is 0 Å². The lowest BCUT2D eigenvalue weighted by Gasteiger charge is -2.22. The summed E-state index contributed by atoms with van der Waals surface area (Å²) in [5.74, 6) is 1.74. The first kappa shape index (κ1) is 17.6. The summed E-state index contributed by atoms with van der Waals surface area (Å²) in [6.07, 6.45) is 1.59. The molecule has 0 bridgehead atoms. The Bertz CT molecular complexity index is 687. The second kappa shape index (κ2) is 7.21. The van der Waals surface area contributed by atoms with Crippen molar-refractivity contribution in [3.63, 3.8) is 0 Å². The van der Waals surface area contributed by atoms with Crippen LogP contribution in [0.4, 0.5) is 0 Å². The van der Waals surface area contributed by atoms with Gasteiger partial charge in [-0.15, -0.1) is 0 Å². The molecule has 1 aromatic heterocycles. The molecule has 126 valence electrons. The third kappa shape index (κ3) is 4.38. The van der Waals surface area contributed by atoms with Gasteiger partial charge < -0.3 is 14.2 Å². The highest BCUT2D eigenvalue weighted by molar-refractivity contribution is 6.28. The number of hydrogen-bond acceptors (Lipinski definition) is 5. The van der Waals surface area contributed by atoms with Crippen LogP contribution in [0.5, 0.6) is 17.2 Å². The second-order valence-electron chi connectivity index (χ2n) is 6.10. The quantitative estimate of drug-likeness (QED) is 0.718. The predicted octanol–water partition coefficient (Wildman–Crippen LogP) is 4.64. The molecule has 0 N–H and O–H groups in total. The molecular weight excluding hydrogens is 316 g/mol. The summed E-state index contributed by atoms with van der Waals surface area (Å²) < 4.78 is 17.9. The molecule has 5 nitrogen and oxygen atoms in total. The van der Waals surface area contributed by atoms with Gasteiger partial charge in [-0.3, -0.25) is 0 Å². The molecule has 2 rings (SSSR count). The zero-order valence-corrected chi connectivity index (χ0v) is 15.1.